The van der Waals surface area contributed by atoms with Crippen LogP contribution in [0, 0.1) is 5.82 Å². The molecule has 0 aliphatic carbocycles. The van der Waals surface area contributed by atoms with Gasteiger partial charge in [0.25, 0.3) is 0 Å². The van der Waals surface area contributed by atoms with Gasteiger partial charge in [0.2, 0.25) is 0 Å². The molecule has 0 bridgehead atoms. The molecule has 13 heavy (non-hydrogen) atoms. The van der Waals surface area contributed by atoms with Crippen molar-refractivity contribution < 1.29 is 13.9 Å². The smallest absolute Gasteiger partial charge is 0.150 e. The average Bonchev–Trinajstić information content (AvgIpc) is 2.19. The molecular formula is C10H13FO2. The van der Waals surface area contributed by atoms with E-state index in [1.807, 2.05) is 6.92 Å². The van der Waals surface area contributed by atoms with Crippen LogP contribution in [0.1, 0.15) is 17.3 Å². The Morgan fingerprint density at radius 1 is 1.38 bits per heavy atom. The minimum atomic E-state index is -0.319. The van der Waals surface area contributed by atoms with Crippen LogP contribution < -0.4 is 0 Å². The van der Waals surface area contributed by atoms with Crippen LogP contribution in [0.2, 0.25) is 0 Å². The summed E-state index contributed by atoms with van der Waals surface area (Å²) in [5, 5.41) is 0. The van der Waals surface area contributed by atoms with E-state index in [0.29, 0.717) is 11.8 Å². The molecule has 0 fully saturated rings. The number of carbonyl (C=O) groups is 1. The summed E-state index contributed by atoms with van der Waals surface area (Å²) in [5.74, 6) is -0.319. The highest BCUT2D eigenvalue weighted by atomic mass is 19.1. The SMILES string of the molecule is CCOC.O=Cc1ccc(F)cc1. The molecule has 0 aliphatic heterocycles. The van der Waals surface area contributed by atoms with Crippen LogP contribution in [0.25, 0.3) is 0 Å². The summed E-state index contributed by atoms with van der Waals surface area (Å²) >= 11 is 0. The third-order valence-electron chi connectivity index (χ3n) is 1.29. The standard InChI is InChI=1S/C7H5FO.C3H8O/c8-7-3-1-6(5-9)2-4-7;1-3-4-2/h1-5H;3H2,1-2H3. The van der Waals surface area contributed by atoms with E-state index in [1.165, 1.54) is 24.3 Å². The van der Waals surface area contributed by atoms with E-state index >= 15 is 0 Å². The lowest BCUT2D eigenvalue weighted by molar-refractivity contribution is 0.112. The molecule has 1 rings (SSSR count). The second kappa shape index (κ2) is 7.43. The van der Waals surface area contributed by atoms with Gasteiger partial charge in [0.1, 0.15) is 12.1 Å². The third kappa shape index (κ3) is 5.99. The van der Waals surface area contributed by atoms with Crippen molar-refractivity contribution in [2.24, 2.45) is 0 Å². The van der Waals surface area contributed by atoms with Crippen molar-refractivity contribution in [1.29, 1.82) is 0 Å². The summed E-state index contributed by atoms with van der Waals surface area (Å²) in [4.78, 5) is 10.00. The molecule has 0 N–H and O–H groups in total. The van der Waals surface area contributed by atoms with Gasteiger partial charge in [-0.25, -0.2) is 4.39 Å². The summed E-state index contributed by atoms with van der Waals surface area (Å²) in [6.45, 7) is 2.78. The Morgan fingerprint density at radius 2 is 1.85 bits per heavy atom. The fourth-order valence-electron chi connectivity index (χ4n) is 0.541. The van der Waals surface area contributed by atoms with E-state index in [4.69, 9.17) is 0 Å². The van der Waals surface area contributed by atoms with E-state index in [-0.39, 0.29) is 5.82 Å². The quantitative estimate of drug-likeness (QED) is 0.659. The first-order chi connectivity index (χ1) is 6.24. The van der Waals surface area contributed by atoms with Crippen LogP contribution in [0.4, 0.5) is 4.39 Å². The molecule has 72 valence electrons. The maximum absolute atomic E-state index is 12.1. The number of hydrogen-bond acceptors (Lipinski definition) is 2. The molecule has 0 radical (unpaired) electrons. The lowest BCUT2D eigenvalue weighted by atomic mass is 10.2. The van der Waals surface area contributed by atoms with Crippen molar-refractivity contribution >= 4 is 6.29 Å². The Labute approximate surface area is 77.3 Å². The van der Waals surface area contributed by atoms with Gasteiger partial charge in [-0.15, -0.1) is 0 Å². The van der Waals surface area contributed by atoms with Crippen molar-refractivity contribution in [1.82, 2.24) is 0 Å². The fraction of sp³-hybridized carbons (Fsp3) is 0.300. The van der Waals surface area contributed by atoms with Crippen LogP contribution in [-0.2, 0) is 4.74 Å². The van der Waals surface area contributed by atoms with E-state index < -0.39 is 0 Å². The first-order valence-electron chi connectivity index (χ1n) is 3.94. The zero-order valence-corrected chi connectivity index (χ0v) is 7.79. The monoisotopic (exact) mass is 184 g/mol. The van der Waals surface area contributed by atoms with Crippen molar-refractivity contribution in [3.8, 4) is 0 Å². The molecule has 0 aliphatic rings. The molecule has 0 amide bonds. The predicted octanol–water partition coefficient (Wildman–Crippen LogP) is 2.29. The summed E-state index contributed by atoms with van der Waals surface area (Å²) in [6, 6.07) is 5.37. The second-order valence-electron chi connectivity index (χ2n) is 2.25. The number of halogens is 1. The fourth-order valence-corrected chi connectivity index (χ4v) is 0.541. The van der Waals surface area contributed by atoms with Gasteiger partial charge in [-0.3, -0.25) is 4.79 Å². The van der Waals surface area contributed by atoms with E-state index in [1.54, 1.807) is 7.11 Å². The first-order valence-corrected chi connectivity index (χ1v) is 3.94. The van der Waals surface area contributed by atoms with Gasteiger partial charge in [-0.05, 0) is 31.2 Å². The van der Waals surface area contributed by atoms with E-state index in [2.05, 4.69) is 4.74 Å². The molecular weight excluding hydrogens is 171 g/mol. The summed E-state index contributed by atoms with van der Waals surface area (Å²) in [7, 11) is 1.68. The normalized spacial score (nSPS) is 8.54. The van der Waals surface area contributed by atoms with Crippen LogP contribution in [0.15, 0.2) is 24.3 Å². The Hall–Kier alpha value is -1.22. The summed E-state index contributed by atoms with van der Waals surface area (Å²) in [5.41, 5.74) is 0.497. The van der Waals surface area contributed by atoms with Gasteiger partial charge < -0.3 is 4.74 Å². The zero-order valence-electron chi connectivity index (χ0n) is 7.79. The van der Waals surface area contributed by atoms with Gasteiger partial charge in [-0.2, -0.15) is 0 Å². The summed E-state index contributed by atoms with van der Waals surface area (Å²) < 4.78 is 16.6. The zero-order chi connectivity index (χ0) is 10.1. The van der Waals surface area contributed by atoms with Crippen LogP contribution >= 0.6 is 0 Å². The Morgan fingerprint density at radius 3 is 2.15 bits per heavy atom. The molecule has 0 atom stereocenters. The highest BCUT2D eigenvalue weighted by molar-refractivity contribution is 5.74. The molecule has 2 nitrogen and oxygen atoms in total. The Kier molecular flexibility index (Phi) is 6.73. The number of benzene rings is 1. The first kappa shape index (κ1) is 11.8. The highest BCUT2D eigenvalue weighted by Gasteiger charge is 1.87. The topological polar surface area (TPSA) is 26.3 Å². The molecule has 0 heterocycles. The van der Waals surface area contributed by atoms with Gasteiger partial charge in [0.15, 0.2) is 0 Å². The van der Waals surface area contributed by atoms with Crippen LogP contribution in [-0.4, -0.2) is 20.0 Å². The minimum Gasteiger partial charge on any atom is -0.385 e. The van der Waals surface area contributed by atoms with Gasteiger partial charge in [-0.1, -0.05) is 0 Å². The number of hydrogen-bond donors (Lipinski definition) is 0. The van der Waals surface area contributed by atoms with Crippen molar-refractivity contribution in [3.05, 3.63) is 35.6 Å². The predicted molar refractivity (Wildman–Crippen MR) is 49.3 cm³/mol. The molecule has 0 spiro atoms. The maximum Gasteiger partial charge on any atom is 0.150 e. The number of aldehydes is 1. The number of methoxy groups -OCH3 is 1. The van der Waals surface area contributed by atoms with E-state index in [9.17, 15) is 9.18 Å². The van der Waals surface area contributed by atoms with Crippen molar-refractivity contribution in [3.63, 3.8) is 0 Å². The number of carbonyl (C=O) groups excluding carboxylic acids is 1. The van der Waals surface area contributed by atoms with Crippen LogP contribution in [0.5, 0.6) is 0 Å². The lowest BCUT2D eigenvalue weighted by Gasteiger charge is -1.86. The van der Waals surface area contributed by atoms with Gasteiger partial charge in [0, 0.05) is 19.3 Å². The number of rotatable bonds is 2. The molecule has 0 saturated heterocycles. The lowest BCUT2D eigenvalue weighted by Crippen LogP contribution is -1.77. The minimum absolute atomic E-state index is 0.319. The van der Waals surface area contributed by atoms with Gasteiger partial charge in [0.05, 0.1) is 0 Å². The third-order valence-corrected chi connectivity index (χ3v) is 1.29. The van der Waals surface area contributed by atoms with Crippen LogP contribution in [0.3, 0.4) is 0 Å². The molecule has 0 unspecified atom stereocenters. The largest absolute Gasteiger partial charge is 0.385 e. The molecule has 1 aromatic rings. The van der Waals surface area contributed by atoms with Crippen molar-refractivity contribution in [2.75, 3.05) is 13.7 Å². The summed E-state index contributed by atoms with van der Waals surface area (Å²) in [6.07, 6.45) is 0.680. The molecule has 0 aromatic heterocycles. The second-order valence-corrected chi connectivity index (χ2v) is 2.25. The van der Waals surface area contributed by atoms with Gasteiger partial charge >= 0.3 is 0 Å². The molecule has 1 aromatic carbocycles. The Balaban J connectivity index is 0.000000310. The highest BCUT2D eigenvalue weighted by Crippen LogP contribution is 1.98. The van der Waals surface area contributed by atoms with Crippen molar-refractivity contribution in [2.45, 2.75) is 6.92 Å². The number of ether oxygens (including phenoxy) is 1. The average molecular weight is 184 g/mol. The maximum atomic E-state index is 12.1. The Bertz CT molecular complexity index is 229. The molecule has 3 heteroatoms. The molecule has 0 saturated carbocycles. The van der Waals surface area contributed by atoms with E-state index in [0.717, 1.165) is 6.61 Å².